The van der Waals surface area contributed by atoms with E-state index >= 15 is 0 Å². The fourth-order valence-corrected chi connectivity index (χ4v) is 4.87. The van der Waals surface area contributed by atoms with Crippen molar-refractivity contribution >= 4 is 14.8 Å². The highest BCUT2D eigenvalue weighted by Crippen LogP contribution is 2.19. The first-order valence-electron chi connectivity index (χ1n) is 10.8. The lowest BCUT2D eigenvalue weighted by Crippen LogP contribution is -2.47. The van der Waals surface area contributed by atoms with E-state index in [0.29, 0.717) is 31.4 Å². The predicted octanol–water partition coefficient (Wildman–Crippen LogP) is 5.67. The normalized spacial score (nSPS) is 11.6. The van der Waals surface area contributed by atoms with Gasteiger partial charge in [-0.1, -0.05) is 65.9 Å². The van der Waals surface area contributed by atoms with Gasteiger partial charge in [-0.3, -0.25) is 0 Å². The first kappa shape index (κ1) is 26.3. The molecule has 0 bridgehead atoms. The fraction of sp³-hybridized carbons (Fsp3) is 0.857. The maximum absolute atomic E-state index is 11.7. The summed E-state index contributed by atoms with van der Waals surface area (Å²) in [6.45, 7) is 13.9. The van der Waals surface area contributed by atoms with Crippen molar-refractivity contribution in [1.29, 1.82) is 0 Å². The molecule has 0 saturated carbocycles. The van der Waals surface area contributed by atoms with Crippen LogP contribution in [-0.2, 0) is 22.8 Å². The molecule has 0 saturated heterocycles. The molecule has 0 aliphatic carbocycles. The molecule has 0 amide bonds. The Labute approximate surface area is 168 Å². The van der Waals surface area contributed by atoms with Crippen molar-refractivity contribution in [3.05, 3.63) is 12.2 Å². The summed E-state index contributed by atoms with van der Waals surface area (Å²) in [6.07, 6.45) is 9.78. The van der Waals surface area contributed by atoms with Crippen molar-refractivity contribution in [2.75, 3.05) is 26.4 Å². The van der Waals surface area contributed by atoms with Crippen LogP contribution in [0.2, 0.25) is 6.04 Å². The summed E-state index contributed by atoms with van der Waals surface area (Å²) >= 11 is 0. The van der Waals surface area contributed by atoms with Crippen molar-refractivity contribution in [3.63, 3.8) is 0 Å². The molecule has 0 radical (unpaired) electrons. The van der Waals surface area contributed by atoms with E-state index in [9.17, 15) is 4.79 Å². The van der Waals surface area contributed by atoms with Gasteiger partial charge in [0.05, 0.1) is 12.7 Å². The first-order valence-corrected chi connectivity index (χ1v) is 12.7. The summed E-state index contributed by atoms with van der Waals surface area (Å²) < 4.78 is 23.9. The van der Waals surface area contributed by atoms with E-state index in [1.54, 1.807) is 6.92 Å². The van der Waals surface area contributed by atoms with Gasteiger partial charge >= 0.3 is 14.8 Å². The molecule has 0 N–H and O–H groups in total. The second-order valence-corrected chi connectivity index (χ2v) is 9.75. The van der Waals surface area contributed by atoms with Crippen molar-refractivity contribution < 1.29 is 22.8 Å². The monoisotopic (exact) mass is 402 g/mol. The highest BCUT2D eigenvalue weighted by Gasteiger charge is 2.41. The zero-order valence-electron chi connectivity index (χ0n) is 18.1. The Kier molecular flexibility index (Phi) is 17.0. The Morgan fingerprint density at radius 2 is 1.15 bits per heavy atom. The molecule has 6 heteroatoms. The molecule has 0 aromatic rings. The summed E-state index contributed by atoms with van der Waals surface area (Å²) in [5.41, 5.74) is 0.402. The molecule has 0 rings (SSSR count). The van der Waals surface area contributed by atoms with E-state index in [1.165, 1.54) is 0 Å². The number of rotatable bonds is 19. The maximum atomic E-state index is 11.7. The molecule has 0 atom stereocenters. The first-order chi connectivity index (χ1) is 13.0. The van der Waals surface area contributed by atoms with Crippen LogP contribution in [0.25, 0.3) is 0 Å². The van der Waals surface area contributed by atoms with Gasteiger partial charge in [-0.15, -0.1) is 0 Å². The van der Waals surface area contributed by atoms with Crippen LogP contribution in [0.3, 0.4) is 0 Å². The van der Waals surface area contributed by atoms with E-state index in [0.717, 1.165) is 57.8 Å². The second kappa shape index (κ2) is 17.4. The maximum Gasteiger partial charge on any atom is 0.504 e. The van der Waals surface area contributed by atoms with Gasteiger partial charge < -0.3 is 18.0 Å². The number of hydrogen-bond acceptors (Lipinski definition) is 5. The van der Waals surface area contributed by atoms with Gasteiger partial charge in [-0.05, 0) is 26.2 Å². The van der Waals surface area contributed by atoms with Gasteiger partial charge in [-0.2, -0.15) is 0 Å². The van der Waals surface area contributed by atoms with E-state index in [-0.39, 0.29) is 12.6 Å². The van der Waals surface area contributed by atoms with E-state index in [2.05, 4.69) is 27.4 Å². The van der Waals surface area contributed by atoms with Crippen LogP contribution in [0.1, 0.15) is 85.5 Å². The van der Waals surface area contributed by atoms with Crippen LogP contribution in [0, 0.1) is 0 Å². The zero-order valence-corrected chi connectivity index (χ0v) is 19.1. The Hall–Kier alpha value is -0.693. The molecule has 0 fully saturated rings. The molecule has 27 heavy (non-hydrogen) atoms. The van der Waals surface area contributed by atoms with E-state index in [4.69, 9.17) is 18.0 Å². The van der Waals surface area contributed by atoms with Crippen LogP contribution >= 0.6 is 0 Å². The van der Waals surface area contributed by atoms with Crippen molar-refractivity contribution in [2.24, 2.45) is 0 Å². The van der Waals surface area contributed by atoms with Crippen molar-refractivity contribution in [1.82, 2.24) is 0 Å². The Bertz CT molecular complexity index is 355. The van der Waals surface area contributed by atoms with Crippen LogP contribution in [0.4, 0.5) is 0 Å². The number of esters is 1. The van der Waals surface area contributed by atoms with Crippen LogP contribution in [0.5, 0.6) is 0 Å². The third-order valence-electron chi connectivity index (χ3n) is 4.20. The lowest BCUT2D eigenvalue weighted by atomic mass is 10.3. The molecule has 0 spiro atoms. The van der Waals surface area contributed by atoms with Crippen LogP contribution in [0.15, 0.2) is 12.2 Å². The summed E-state index contributed by atoms with van der Waals surface area (Å²) in [5.74, 6) is -0.374. The Balaban J connectivity index is 4.85. The third kappa shape index (κ3) is 14.0. The quantitative estimate of drug-likeness (QED) is 0.121. The topological polar surface area (TPSA) is 54.0 Å². The molecule has 0 aliphatic rings. The molecular weight excluding hydrogens is 360 g/mol. The standard InChI is InChI=1S/C21H42O5Si/c1-6-9-12-15-24-27(25-16-13-10-7-2,26-17-14-11-8-3)19-18-23-21(22)20(4)5/h4,6-19H2,1-3,5H3. The third-order valence-corrected chi connectivity index (χ3v) is 6.95. The van der Waals surface area contributed by atoms with Gasteiger partial charge in [-0.25, -0.2) is 4.79 Å². The van der Waals surface area contributed by atoms with Crippen molar-refractivity contribution in [2.45, 2.75) is 91.5 Å². The van der Waals surface area contributed by atoms with Gasteiger partial charge in [0.1, 0.15) is 0 Å². The zero-order chi connectivity index (χ0) is 20.4. The minimum Gasteiger partial charge on any atom is -0.462 e. The number of carbonyl (C=O) groups excluding carboxylic acids is 1. The molecule has 160 valence electrons. The summed E-state index contributed by atoms with van der Waals surface area (Å²) in [6, 6.07) is 0.496. The second-order valence-electron chi connectivity index (χ2n) is 7.02. The van der Waals surface area contributed by atoms with E-state index in [1.807, 2.05) is 0 Å². The molecule has 0 aromatic carbocycles. The molecule has 0 aromatic heterocycles. The van der Waals surface area contributed by atoms with Gasteiger partial charge in [0, 0.05) is 25.4 Å². The largest absolute Gasteiger partial charge is 0.504 e. The highest BCUT2D eigenvalue weighted by atomic mass is 28.4. The molecule has 0 heterocycles. The fourth-order valence-electron chi connectivity index (χ4n) is 2.47. The summed E-state index contributed by atoms with van der Waals surface area (Å²) in [5, 5.41) is 0. The van der Waals surface area contributed by atoms with Gasteiger partial charge in [0.2, 0.25) is 0 Å². The average molecular weight is 403 g/mol. The molecule has 5 nitrogen and oxygen atoms in total. The highest BCUT2D eigenvalue weighted by molar-refractivity contribution is 6.60. The van der Waals surface area contributed by atoms with Crippen LogP contribution < -0.4 is 0 Å². The number of carbonyl (C=O) groups is 1. The van der Waals surface area contributed by atoms with Crippen LogP contribution in [-0.4, -0.2) is 41.2 Å². The SMILES string of the molecule is C=C(C)C(=O)OCC[Si](OCCCCC)(OCCCCC)OCCCCC. The molecular formula is C21H42O5Si. The molecule has 0 aliphatic heterocycles. The number of ether oxygens (including phenoxy) is 1. The minimum absolute atomic E-state index is 0.243. The Morgan fingerprint density at radius 1 is 0.741 bits per heavy atom. The summed E-state index contributed by atoms with van der Waals surface area (Å²) in [4.78, 5) is 11.7. The molecule has 0 unspecified atom stereocenters. The lowest BCUT2D eigenvalue weighted by molar-refractivity contribution is -0.138. The minimum atomic E-state index is -2.85. The smallest absolute Gasteiger partial charge is 0.462 e. The lowest BCUT2D eigenvalue weighted by Gasteiger charge is -2.30. The summed E-state index contributed by atoms with van der Waals surface area (Å²) in [7, 11) is -2.85. The van der Waals surface area contributed by atoms with E-state index < -0.39 is 8.80 Å². The predicted molar refractivity (Wildman–Crippen MR) is 113 cm³/mol. The number of hydrogen-bond donors (Lipinski definition) is 0. The van der Waals surface area contributed by atoms with Gasteiger partial charge in [0.25, 0.3) is 0 Å². The Morgan fingerprint density at radius 3 is 1.48 bits per heavy atom. The average Bonchev–Trinajstić information content (AvgIpc) is 2.65. The van der Waals surface area contributed by atoms with Gasteiger partial charge in [0.15, 0.2) is 0 Å². The number of unbranched alkanes of at least 4 members (excludes halogenated alkanes) is 6. The van der Waals surface area contributed by atoms with Crippen molar-refractivity contribution in [3.8, 4) is 0 Å².